The van der Waals surface area contributed by atoms with Crippen LogP contribution in [0.25, 0.3) is 5.83 Å². The maximum Gasteiger partial charge on any atom is 0.490 e. The molecule has 4 heteroatoms. The zero-order valence-corrected chi connectivity index (χ0v) is 11.2. The van der Waals surface area contributed by atoms with Gasteiger partial charge in [-0.15, -0.1) is 0 Å². The van der Waals surface area contributed by atoms with Gasteiger partial charge in [-0.1, -0.05) is 30.3 Å². The minimum atomic E-state index is -0.643. The Morgan fingerprint density at radius 1 is 1.06 bits per heavy atom. The molecule has 0 aromatic heterocycles. The summed E-state index contributed by atoms with van der Waals surface area (Å²) in [7, 11) is -0.643. The molecule has 2 nitrogen and oxygen atoms in total. The lowest BCUT2D eigenvalue weighted by Crippen LogP contribution is -2.41. The van der Waals surface area contributed by atoms with Gasteiger partial charge in [-0.2, -0.15) is 0 Å². The number of hydrogen-bond acceptors (Lipinski definition) is 2. The molecule has 1 aromatic rings. The third-order valence-electron chi connectivity index (χ3n) is 3.60. The first-order valence-electron chi connectivity index (χ1n) is 6.10. The Hall–Kier alpha value is -1.13. The van der Waals surface area contributed by atoms with Gasteiger partial charge in [-0.05, 0) is 33.7 Å². The van der Waals surface area contributed by atoms with E-state index < -0.39 is 18.3 Å². The molecule has 0 N–H and O–H groups in total. The monoisotopic (exact) mass is 248 g/mol. The summed E-state index contributed by atoms with van der Waals surface area (Å²) in [4.78, 5) is 0. The highest BCUT2D eigenvalue weighted by Gasteiger charge is 2.50. The van der Waals surface area contributed by atoms with Crippen molar-refractivity contribution in [3.8, 4) is 0 Å². The van der Waals surface area contributed by atoms with Gasteiger partial charge in [0.05, 0.1) is 11.2 Å². The molecule has 0 radical (unpaired) electrons. The van der Waals surface area contributed by atoms with Crippen LogP contribution in [-0.2, 0) is 9.31 Å². The van der Waals surface area contributed by atoms with Crippen LogP contribution in [0.4, 0.5) is 4.39 Å². The standard InChI is InChI=1S/C14H18BFO2/c1-13(2)14(3,4)18-15(17-13)10-12(16)11-8-6-5-7-9-11/h5-10H,1-4H3. The van der Waals surface area contributed by atoms with E-state index in [1.165, 1.54) is 5.98 Å². The summed E-state index contributed by atoms with van der Waals surface area (Å²) in [5.74, 6) is 1.06. The molecular weight excluding hydrogens is 230 g/mol. The van der Waals surface area contributed by atoms with Gasteiger partial charge in [0, 0.05) is 5.56 Å². The van der Waals surface area contributed by atoms with Crippen molar-refractivity contribution in [2.75, 3.05) is 0 Å². The van der Waals surface area contributed by atoms with Gasteiger partial charge in [0.2, 0.25) is 0 Å². The highest BCUT2D eigenvalue weighted by molar-refractivity contribution is 6.53. The number of hydrogen-bond donors (Lipinski definition) is 0. The molecule has 0 bridgehead atoms. The Bertz CT molecular complexity index is 438. The fourth-order valence-electron chi connectivity index (χ4n) is 1.77. The van der Waals surface area contributed by atoms with Crippen molar-refractivity contribution in [1.29, 1.82) is 0 Å². The fourth-order valence-corrected chi connectivity index (χ4v) is 1.77. The molecule has 0 saturated carbocycles. The maximum atomic E-state index is 14.0. The summed E-state index contributed by atoms with van der Waals surface area (Å²) >= 11 is 0. The minimum Gasteiger partial charge on any atom is -0.400 e. The molecule has 0 spiro atoms. The number of rotatable bonds is 2. The lowest BCUT2D eigenvalue weighted by Gasteiger charge is -2.32. The number of benzene rings is 1. The first-order valence-corrected chi connectivity index (χ1v) is 6.10. The quantitative estimate of drug-likeness (QED) is 0.744. The second-order valence-corrected chi connectivity index (χ2v) is 5.51. The van der Waals surface area contributed by atoms with Gasteiger partial charge in [0.15, 0.2) is 0 Å². The van der Waals surface area contributed by atoms with Crippen molar-refractivity contribution in [3.63, 3.8) is 0 Å². The maximum absolute atomic E-state index is 14.0. The Balaban J connectivity index is 2.17. The molecule has 0 atom stereocenters. The topological polar surface area (TPSA) is 18.5 Å². The molecule has 1 fully saturated rings. The molecular formula is C14H18BFO2. The summed E-state index contributed by atoms with van der Waals surface area (Å²) in [6.45, 7) is 7.78. The van der Waals surface area contributed by atoms with E-state index in [4.69, 9.17) is 9.31 Å². The van der Waals surface area contributed by atoms with E-state index in [2.05, 4.69) is 0 Å². The minimum absolute atomic E-state index is 0.325. The highest BCUT2D eigenvalue weighted by Crippen LogP contribution is 2.37. The summed E-state index contributed by atoms with van der Waals surface area (Å²) in [6, 6.07) is 8.89. The molecule has 0 aliphatic carbocycles. The Labute approximate surface area is 108 Å². The van der Waals surface area contributed by atoms with Crippen molar-refractivity contribution in [1.82, 2.24) is 0 Å². The Morgan fingerprint density at radius 3 is 2.06 bits per heavy atom. The average Bonchev–Trinajstić information content (AvgIpc) is 2.48. The van der Waals surface area contributed by atoms with Crippen molar-refractivity contribution in [2.24, 2.45) is 0 Å². The SMILES string of the molecule is CC1(C)OB(C=C(F)c2ccccc2)OC1(C)C. The largest absolute Gasteiger partial charge is 0.490 e. The van der Waals surface area contributed by atoms with Crippen molar-refractivity contribution in [2.45, 2.75) is 38.9 Å². The zero-order chi connectivity index (χ0) is 13.4. The molecule has 0 amide bonds. The first kappa shape index (κ1) is 13.3. The Kier molecular flexibility index (Phi) is 3.34. The van der Waals surface area contributed by atoms with Crippen LogP contribution in [0.1, 0.15) is 33.3 Å². The van der Waals surface area contributed by atoms with E-state index in [0.29, 0.717) is 5.56 Å². The first-order chi connectivity index (χ1) is 8.32. The molecule has 1 aliphatic rings. The lowest BCUT2D eigenvalue weighted by molar-refractivity contribution is 0.00578. The molecule has 1 saturated heterocycles. The summed E-state index contributed by atoms with van der Waals surface area (Å²) in [5.41, 5.74) is -0.344. The molecule has 96 valence electrons. The summed E-state index contributed by atoms with van der Waals surface area (Å²) in [6.07, 6.45) is 0. The van der Waals surface area contributed by atoms with Gasteiger partial charge in [-0.25, -0.2) is 4.39 Å². The van der Waals surface area contributed by atoms with E-state index in [0.717, 1.165) is 0 Å². The average molecular weight is 248 g/mol. The van der Waals surface area contributed by atoms with Gasteiger partial charge in [0.25, 0.3) is 0 Å². The smallest absolute Gasteiger partial charge is 0.400 e. The van der Waals surface area contributed by atoms with Crippen molar-refractivity contribution in [3.05, 3.63) is 41.9 Å². The Morgan fingerprint density at radius 2 is 1.56 bits per heavy atom. The summed E-state index contributed by atoms with van der Waals surface area (Å²) < 4.78 is 25.4. The molecule has 1 aromatic carbocycles. The molecule has 1 aliphatic heterocycles. The molecule has 2 rings (SSSR count). The fraction of sp³-hybridized carbons (Fsp3) is 0.429. The van der Waals surface area contributed by atoms with Gasteiger partial charge in [-0.3, -0.25) is 0 Å². The summed E-state index contributed by atoms with van der Waals surface area (Å²) in [5, 5.41) is 0. The molecule has 18 heavy (non-hydrogen) atoms. The second-order valence-electron chi connectivity index (χ2n) is 5.51. The van der Waals surface area contributed by atoms with Crippen LogP contribution in [0.2, 0.25) is 0 Å². The predicted octanol–water partition coefficient (Wildman–Crippen LogP) is 3.63. The normalized spacial score (nSPS) is 22.3. The van der Waals surface area contributed by atoms with E-state index in [1.54, 1.807) is 24.3 Å². The van der Waals surface area contributed by atoms with Crippen molar-refractivity contribution < 1.29 is 13.7 Å². The number of halogens is 1. The van der Waals surface area contributed by atoms with Crippen LogP contribution in [0, 0.1) is 0 Å². The van der Waals surface area contributed by atoms with Gasteiger partial charge >= 0.3 is 7.12 Å². The van der Waals surface area contributed by atoms with E-state index >= 15 is 0 Å². The van der Waals surface area contributed by atoms with Crippen LogP contribution in [-0.4, -0.2) is 18.3 Å². The van der Waals surface area contributed by atoms with E-state index in [9.17, 15) is 4.39 Å². The molecule has 1 heterocycles. The van der Waals surface area contributed by atoms with Crippen LogP contribution in [0.5, 0.6) is 0 Å². The highest BCUT2D eigenvalue weighted by atomic mass is 19.1. The molecule has 0 unspecified atom stereocenters. The van der Waals surface area contributed by atoms with Crippen LogP contribution in [0.3, 0.4) is 0 Å². The third kappa shape index (κ3) is 2.50. The predicted molar refractivity (Wildman–Crippen MR) is 71.6 cm³/mol. The lowest BCUT2D eigenvalue weighted by atomic mass is 9.88. The van der Waals surface area contributed by atoms with Crippen molar-refractivity contribution >= 4 is 12.9 Å². The van der Waals surface area contributed by atoms with Gasteiger partial charge < -0.3 is 9.31 Å². The van der Waals surface area contributed by atoms with E-state index in [-0.39, 0.29) is 5.83 Å². The zero-order valence-electron chi connectivity index (χ0n) is 11.2. The van der Waals surface area contributed by atoms with Crippen LogP contribution in [0.15, 0.2) is 36.3 Å². The third-order valence-corrected chi connectivity index (χ3v) is 3.60. The van der Waals surface area contributed by atoms with E-state index in [1.807, 2.05) is 33.8 Å². The van der Waals surface area contributed by atoms with Crippen LogP contribution >= 0.6 is 0 Å². The van der Waals surface area contributed by atoms with Crippen LogP contribution < -0.4 is 0 Å². The van der Waals surface area contributed by atoms with Gasteiger partial charge in [0.1, 0.15) is 5.83 Å². The second kappa shape index (κ2) is 4.52.